The molecule has 1 aromatic rings. The van der Waals surface area contributed by atoms with Gasteiger partial charge in [-0.2, -0.15) is 0 Å². The molecule has 2 nitrogen and oxygen atoms in total. The van der Waals surface area contributed by atoms with Crippen molar-refractivity contribution in [2.24, 2.45) is 17.8 Å². The Labute approximate surface area is 114 Å². The van der Waals surface area contributed by atoms with E-state index in [0.29, 0.717) is 11.8 Å². The number of rotatable bonds is 2. The number of fused-ring (bicyclic) bond motifs is 1. The zero-order chi connectivity index (χ0) is 13.2. The van der Waals surface area contributed by atoms with Crippen molar-refractivity contribution in [2.45, 2.75) is 32.6 Å². The summed E-state index contributed by atoms with van der Waals surface area (Å²) in [6, 6.07) is 7.98. The Morgan fingerprint density at radius 1 is 1.26 bits per heavy atom. The molecule has 1 N–H and O–H groups in total. The Morgan fingerprint density at radius 2 is 2.11 bits per heavy atom. The quantitative estimate of drug-likeness (QED) is 0.797. The second-order valence-corrected chi connectivity index (χ2v) is 5.78. The number of para-hydroxylation sites is 1. The first-order chi connectivity index (χ1) is 9.27. The maximum Gasteiger partial charge on any atom is 0.228 e. The van der Waals surface area contributed by atoms with Gasteiger partial charge in [0.1, 0.15) is 0 Å². The number of hydrogen-bond donors (Lipinski definition) is 1. The maximum atomic E-state index is 12.4. The average Bonchev–Trinajstić information content (AvgIpc) is 3.03. The first-order valence-electron chi connectivity index (χ1n) is 7.30. The number of carbonyl (C=O) groups is 1. The fourth-order valence-electron chi connectivity index (χ4n) is 3.23. The van der Waals surface area contributed by atoms with Gasteiger partial charge in [-0.25, -0.2) is 0 Å². The van der Waals surface area contributed by atoms with Crippen molar-refractivity contribution in [3.05, 3.63) is 42.0 Å². The second-order valence-electron chi connectivity index (χ2n) is 5.78. The van der Waals surface area contributed by atoms with Crippen LogP contribution in [0.2, 0.25) is 0 Å². The smallest absolute Gasteiger partial charge is 0.228 e. The van der Waals surface area contributed by atoms with Gasteiger partial charge in [-0.05, 0) is 49.7 Å². The lowest BCUT2D eigenvalue weighted by Gasteiger charge is -2.07. The third kappa shape index (κ3) is 2.58. The minimum atomic E-state index is 0.203. The molecule has 0 saturated heterocycles. The van der Waals surface area contributed by atoms with Crippen LogP contribution in [0.3, 0.4) is 0 Å². The summed E-state index contributed by atoms with van der Waals surface area (Å²) in [4.78, 5) is 12.4. The molecule has 0 unspecified atom stereocenters. The standard InChI is InChI=1S/C17H21NO/c1-12-8-6-7-11-15(12)18-17(19)16-13-9-4-2-3-5-10-14(13)16/h4,6-9,11,13-14,16H,2-3,5,10H2,1H3,(H,18,19)/b9-4-/t13-,14-,16+/m0/s1. The van der Waals surface area contributed by atoms with Crippen LogP contribution < -0.4 is 5.32 Å². The Hall–Kier alpha value is -1.57. The SMILES string of the molecule is Cc1ccccc1NC(=O)[C@@H]1[C@H]2/C=C\CCCC[C@@H]21. The van der Waals surface area contributed by atoms with Gasteiger partial charge in [-0.1, -0.05) is 36.8 Å². The molecule has 3 rings (SSSR count). The third-order valence-electron chi connectivity index (χ3n) is 4.45. The Morgan fingerprint density at radius 3 is 2.95 bits per heavy atom. The molecule has 0 radical (unpaired) electrons. The normalized spacial score (nSPS) is 30.7. The molecule has 100 valence electrons. The first-order valence-corrected chi connectivity index (χ1v) is 7.30. The molecule has 1 saturated carbocycles. The topological polar surface area (TPSA) is 29.1 Å². The second kappa shape index (κ2) is 5.20. The molecule has 1 amide bonds. The largest absolute Gasteiger partial charge is 0.326 e. The summed E-state index contributed by atoms with van der Waals surface area (Å²) >= 11 is 0. The van der Waals surface area contributed by atoms with E-state index in [2.05, 4.69) is 17.5 Å². The molecule has 1 fully saturated rings. The van der Waals surface area contributed by atoms with E-state index in [9.17, 15) is 4.79 Å². The van der Waals surface area contributed by atoms with Gasteiger partial charge in [0.25, 0.3) is 0 Å². The lowest BCUT2D eigenvalue weighted by Crippen LogP contribution is -2.16. The molecule has 0 spiro atoms. The molecule has 2 aliphatic rings. The average molecular weight is 255 g/mol. The van der Waals surface area contributed by atoms with Crippen LogP contribution in [0.15, 0.2) is 36.4 Å². The summed E-state index contributed by atoms with van der Waals surface area (Å²) in [7, 11) is 0. The van der Waals surface area contributed by atoms with Gasteiger partial charge in [0.15, 0.2) is 0 Å². The van der Waals surface area contributed by atoms with Gasteiger partial charge < -0.3 is 5.32 Å². The number of benzene rings is 1. The highest BCUT2D eigenvalue weighted by Gasteiger charge is 2.52. The molecule has 3 atom stereocenters. The monoisotopic (exact) mass is 255 g/mol. The van der Waals surface area contributed by atoms with Crippen molar-refractivity contribution in [3.8, 4) is 0 Å². The predicted octanol–water partition coefficient (Wildman–Crippen LogP) is 3.93. The van der Waals surface area contributed by atoms with Crippen LogP contribution in [0.4, 0.5) is 5.69 Å². The van der Waals surface area contributed by atoms with Gasteiger partial charge in [0.2, 0.25) is 5.91 Å². The number of carbonyl (C=O) groups excluding carboxylic acids is 1. The van der Waals surface area contributed by atoms with Crippen molar-refractivity contribution in [1.29, 1.82) is 0 Å². The zero-order valence-electron chi connectivity index (χ0n) is 11.4. The number of nitrogens with one attached hydrogen (secondary N) is 1. The van der Waals surface area contributed by atoms with E-state index in [0.717, 1.165) is 11.3 Å². The van der Waals surface area contributed by atoms with E-state index in [-0.39, 0.29) is 11.8 Å². The lowest BCUT2D eigenvalue weighted by molar-refractivity contribution is -0.117. The van der Waals surface area contributed by atoms with Gasteiger partial charge in [0, 0.05) is 11.6 Å². The molecular weight excluding hydrogens is 234 g/mol. The van der Waals surface area contributed by atoms with Crippen molar-refractivity contribution in [3.63, 3.8) is 0 Å². The molecule has 19 heavy (non-hydrogen) atoms. The molecule has 0 aliphatic heterocycles. The van der Waals surface area contributed by atoms with E-state index >= 15 is 0 Å². The van der Waals surface area contributed by atoms with Crippen LogP contribution in [-0.4, -0.2) is 5.91 Å². The van der Waals surface area contributed by atoms with Crippen LogP contribution in [0, 0.1) is 24.7 Å². The first kappa shape index (κ1) is 12.5. The molecular formula is C17H21NO. The van der Waals surface area contributed by atoms with E-state index in [4.69, 9.17) is 0 Å². The number of hydrogen-bond acceptors (Lipinski definition) is 1. The summed E-state index contributed by atoms with van der Waals surface area (Å²) in [5, 5.41) is 3.10. The number of aryl methyl sites for hydroxylation is 1. The van der Waals surface area contributed by atoms with Crippen LogP contribution >= 0.6 is 0 Å². The maximum absolute atomic E-state index is 12.4. The molecule has 0 aromatic heterocycles. The lowest BCUT2D eigenvalue weighted by atomic mass is 10.1. The summed E-state index contributed by atoms with van der Waals surface area (Å²) in [6.07, 6.45) is 9.45. The van der Waals surface area contributed by atoms with E-state index < -0.39 is 0 Å². The van der Waals surface area contributed by atoms with Gasteiger partial charge in [0.05, 0.1) is 0 Å². The van der Waals surface area contributed by atoms with E-state index in [1.165, 1.54) is 25.7 Å². The molecule has 2 heteroatoms. The summed E-state index contributed by atoms with van der Waals surface area (Å²) in [6.45, 7) is 2.03. The molecule has 2 aliphatic carbocycles. The van der Waals surface area contributed by atoms with Crippen molar-refractivity contribution in [1.82, 2.24) is 0 Å². The van der Waals surface area contributed by atoms with E-state index in [1.54, 1.807) is 0 Å². The zero-order valence-corrected chi connectivity index (χ0v) is 11.4. The van der Waals surface area contributed by atoms with Crippen LogP contribution in [0.5, 0.6) is 0 Å². The number of amides is 1. The minimum Gasteiger partial charge on any atom is -0.326 e. The fraction of sp³-hybridized carbons (Fsp3) is 0.471. The Balaban J connectivity index is 1.67. The summed E-state index contributed by atoms with van der Waals surface area (Å²) in [5.41, 5.74) is 2.08. The summed E-state index contributed by atoms with van der Waals surface area (Å²) < 4.78 is 0. The van der Waals surface area contributed by atoms with Gasteiger partial charge >= 0.3 is 0 Å². The number of allylic oxidation sites excluding steroid dienone is 2. The Bertz CT molecular complexity index is 506. The minimum absolute atomic E-state index is 0.203. The Kier molecular flexibility index (Phi) is 3.41. The van der Waals surface area contributed by atoms with Crippen molar-refractivity contribution < 1.29 is 4.79 Å². The fourth-order valence-corrected chi connectivity index (χ4v) is 3.23. The van der Waals surface area contributed by atoms with E-state index in [1.807, 2.05) is 31.2 Å². The van der Waals surface area contributed by atoms with Crippen LogP contribution in [0.1, 0.15) is 31.2 Å². The van der Waals surface area contributed by atoms with Gasteiger partial charge in [-0.3, -0.25) is 4.79 Å². The highest BCUT2D eigenvalue weighted by Crippen LogP contribution is 2.51. The number of anilines is 1. The molecule has 0 heterocycles. The summed E-state index contributed by atoms with van der Waals surface area (Å²) in [5.74, 6) is 1.48. The van der Waals surface area contributed by atoms with Crippen molar-refractivity contribution >= 4 is 11.6 Å². The van der Waals surface area contributed by atoms with Crippen LogP contribution in [-0.2, 0) is 4.79 Å². The predicted molar refractivity (Wildman–Crippen MR) is 77.9 cm³/mol. The van der Waals surface area contributed by atoms with Crippen molar-refractivity contribution in [2.75, 3.05) is 5.32 Å². The van der Waals surface area contributed by atoms with Gasteiger partial charge in [-0.15, -0.1) is 0 Å². The third-order valence-corrected chi connectivity index (χ3v) is 4.45. The molecule has 0 bridgehead atoms. The molecule has 1 aromatic carbocycles. The highest BCUT2D eigenvalue weighted by molar-refractivity contribution is 5.95. The highest BCUT2D eigenvalue weighted by atomic mass is 16.2. The van der Waals surface area contributed by atoms with Crippen LogP contribution in [0.25, 0.3) is 0 Å².